The molecule has 7 nitrogen and oxygen atoms in total. The number of benzene rings is 2. The van der Waals surface area contributed by atoms with Gasteiger partial charge < -0.3 is 24.8 Å². The summed E-state index contributed by atoms with van der Waals surface area (Å²) in [6.07, 6.45) is 6.33. The zero-order valence-corrected chi connectivity index (χ0v) is 21.3. The Bertz CT molecular complexity index is 1150. The number of hydrogen-bond donors (Lipinski definition) is 2. The number of hydrogen-bond acceptors (Lipinski definition) is 6. The van der Waals surface area contributed by atoms with Gasteiger partial charge in [0.1, 0.15) is 0 Å². The number of carbonyl (C=O) groups excluding carboxylic acids is 1. The molecule has 2 aromatic carbocycles. The van der Waals surface area contributed by atoms with Crippen molar-refractivity contribution >= 4 is 11.6 Å². The third-order valence-corrected chi connectivity index (χ3v) is 7.37. The third-order valence-electron chi connectivity index (χ3n) is 7.37. The quantitative estimate of drug-likeness (QED) is 0.469. The van der Waals surface area contributed by atoms with E-state index >= 15 is 0 Å². The standard InChI is InChI=1S/C30H35N3O4/c1-21-27(19-33-16-3-2-4-17-33)36-30(37-28(21)23-9-7-22(20-34)8-10-23)24-11-13-26(14-12-24)32-29(35)25-6-5-15-31-18-25/h5-15,18,21,27-28,30,34H,2-4,16-17,19-20H2,1H3,(H,32,35)/t21-,27+,28+,30+/m0/s1. The minimum absolute atomic E-state index is 0.0179. The number of ether oxygens (including phenoxy) is 2. The second-order valence-corrected chi connectivity index (χ2v) is 10.0. The van der Waals surface area contributed by atoms with Gasteiger partial charge in [-0.15, -0.1) is 0 Å². The molecule has 194 valence electrons. The molecular formula is C30H35N3O4. The van der Waals surface area contributed by atoms with Crippen LogP contribution in [-0.2, 0) is 16.1 Å². The van der Waals surface area contributed by atoms with Crippen molar-refractivity contribution in [3.8, 4) is 0 Å². The van der Waals surface area contributed by atoms with Gasteiger partial charge in [-0.3, -0.25) is 9.78 Å². The lowest BCUT2D eigenvalue weighted by molar-refractivity contribution is -0.276. The predicted molar refractivity (Wildman–Crippen MR) is 142 cm³/mol. The number of nitrogens with one attached hydrogen (secondary N) is 1. The number of aromatic nitrogens is 1. The van der Waals surface area contributed by atoms with E-state index in [1.165, 1.54) is 19.3 Å². The summed E-state index contributed by atoms with van der Waals surface area (Å²) in [5.74, 6) is -0.0379. The van der Waals surface area contributed by atoms with Gasteiger partial charge in [0.05, 0.1) is 24.4 Å². The van der Waals surface area contributed by atoms with Crippen molar-refractivity contribution in [1.29, 1.82) is 0 Å². The summed E-state index contributed by atoms with van der Waals surface area (Å²) in [7, 11) is 0. The van der Waals surface area contributed by atoms with Gasteiger partial charge in [-0.2, -0.15) is 0 Å². The van der Waals surface area contributed by atoms with Gasteiger partial charge in [0.25, 0.3) is 5.91 Å². The van der Waals surface area contributed by atoms with Crippen LogP contribution >= 0.6 is 0 Å². The molecule has 1 amide bonds. The van der Waals surface area contributed by atoms with Crippen LogP contribution in [0.15, 0.2) is 73.1 Å². The molecule has 1 aromatic heterocycles. The van der Waals surface area contributed by atoms with Crippen LogP contribution in [0.1, 0.15) is 65.6 Å². The van der Waals surface area contributed by atoms with Crippen molar-refractivity contribution < 1.29 is 19.4 Å². The highest BCUT2D eigenvalue weighted by atomic mass is 16.7. The maximum atomic E-state index is 12.5. The van der Waals surface area contributed by atoms with Crippen LogP contribution in [0.2, 0.25) is 0 Å². The maximum Gasteiger partial charge on any atom is 0.257 e. The Balaban J connectivity index is 1.34. The molecule has 7 heteroatoms. The predicted octanol–water partition coefficient (Wildman–Crippen LogP) is 5.10. The highest BCUT2D eigenvalue weighted by Crippen LogP contribution is 2.42. The number of rotatable bonds is 7. The van der Waals surface area contributed by atoms with Gasteiger partial charge in [0, 0.05) is 36.1 Å². The highest BCUT2D eigenvalue weighted by molar-refractivity contribution is 6.03. The van der Waals surface area contributed by atoms with E-state index in [9.17, 15) is 9.90 Å². The fourth-order valence-electron chi connectivity index (χ4n) is 5.15. The largest absolute Gasteiger partial charge is 0.392 e. The maximum absolute atomic E-state index is 12.5. The van der Waals surface area contributed by atoms with E-state index in [1.54, 1.807) is 24.5 Å². The number of carbonyl (C=O) groups is 1. The number of pyridine rings is 1. The number of piperidine rings is 1. The summed E-state index contributed by atoms with van der Waals surface area (Å²) in [6.45, 7) is 5.32. The summed E-state index contributed by atoms with van der Waals surface area (Å²) in [4.78, 5) is 19.0. The van der Waals surface area contributed by atoms with E-state index in [1.807, 2.05) is 48.5 Å². The van der Waals surface area contributed by atoms with Crippen molar-refractivity contribution in [2.75, 3.05) is 25.0 Å². The Kier molecular flexibility index (Phi) is 8.26. The topological polar surface area (TPSA) is 83.9 Å². The first-order valence-corrected chi connectivity index (χ1v) is 13.1. The minimum Gasteiger partial charge on any atom is -0.392 e. The molecule has 5 rings (SSSR count). The van der Waals surface area contributed by atoms with Crippen molar-refractivity contribution in [3.05, 3.63) is 95.3 Å². The van der Waals surface area contributed by atoms with Crippen LogP contribution in [0.25, 0.3) is 0 Å². The normalized spacial score (nSPS) is 24.5. The van der Waals surface area contributed by atoms with Crippen LogP contribution in [0.4, 0.5) is 5.69 Å². The molecule has 2 N–H and O–H groups in total. The van der Waals surface area contributed by atoms with Crippen LogP contribution < -0.4 is 5.32 Å². The summed E-state index contributed by atoms with van der Waals surface area (Å²) in [5, 5.41) is 12.4. The average Bonchev–Trinajstić information content (AvgIpc) is 2.96. The lowest BCUT2D eigenvalue weighted by Gasteiger charge is -2.43. The number of amides is 1. The molecule has 3 aromatic rings. The van der Waals surface area contributed by atoms with E-state index in [4.69, 9.17) is 9.47 Å². The summed E-state index contributed by atoms with van der Waals surface area (Å²) in [6, 6.07) is 19.1. The van der Waals surface area contributed by atoms with E-state index in [0.29, 0.717) is 11.3 Å². The molecule has 0 saturated carbocycles. The Morgan fingerprint density at radius 2 is 1.73 bits per heavy atom. The molecule has 3 heterocycles. The van der Waals surface area contributed by atoms with E-state index in [-0.39, 0.29) is 30.6 Å². The molecule has 0 spiro atoms. The number of nitrogens with zero attached hydrogens (tertiary/aromatic N) is 2. The molecule has 2 fully saturated rings. The SMILES string of the molecule is C[C@H]1[C@@H](CN2CCCCC2)O[C@@H](c2ccc(NC(=O)c3cccnc3)cc2)O[C@H]1c1ccc(CO)cc1. The van der Waals surface area contributed by atoms with Crippen LogP contribution in [0.3, 0.4) is 0 Å². The number of aliphatic hydroxyl groups is 1. The van der Waals surface area contributed by atoms with Crippen LogP contribution in [0.5, 0.6) is 0 Å². The van der Waals surface area contributed by atoms with Gasteiger partial charge >= 0.3 is 0 Å². The molecule has 4 atom stereocenters. The van der Waals surface area contributed by atoms with E-state index in [0.717, 1.165) is 36.3 Å². The van der Waals surface area contributed by atoms with Gasteiger partial charge in [-0.25, -0.2) is 0 Å². The molecule has 0 radical (unpaired) electrons. The zero-order valence-electron chi connectivity index (χ0n) is 21.3. The number of aliphatic hydroxyl groups excluding tert-OH is 1. The molecule has 37 heavy (non-hydrogen) atoms. The first-order chi connectivity index (χ1) is 18.1. The first kappa shape index (κ1) is 25.5. The fourth-order valence-corrected chi connectivity index (χ4v) is 5.15. The first-order valence-electron chi connectivity index (χ1n) is 13.1. The fraction of sp³-hybridized carbons (Fsp3) is 0.400. The molecular weight excluding hydrogens is 466 g/mol. The van der Waals surface area contributed by atoms with Crippen LogP contribution in [0, 0.1) is 5.92 Å². The molecule has 2 aliphatic rings. The van der Waals surface area contributed by atoms with Gasteiger partial charge in [-0.1, -0.05) is 49.7 Å². The second-order valence-electron chi connectivity index (χ2n) is 10.0. The number of likely N-dealkylation sites (tertiary alicyclic amines) is 1. The highest BCUT2D eigenvalue weighted by Gasteiger charge is 2.39. The summed E-state index contributed by atoms with van der Waals surface area (Å²) < 4.78 is 13.1. The van der Waals surface area contributed by atoms with E-state index in [2.05, 4.69) is 22.1 Å². The van der Waals surface area contributed by atoms with Crippen molar-refractivity contribution in [2.45, 2.75) is 51.3 Å². The summed E-state index contributed by atoms with van der Waals surface area (Å²) in [5.41, 5.74) is 4.08. The van der Waals surface area contributed by atoms with Crippen molar-refractivity contribution in [1.82, 2.24) is 9.88 Å². The monoisotopic (exact) mass is 501 g/mol. The Morgan fingerprint density at radius 1 is 1.00 bits per heavy atom. The molecule has 0 bridgehead atoms. The van der Waals surface area contributed by atoms with Gasteiger partial charge in [0.2, 0.25) is 0 Å². The molecule has 2 saturated heterocycles. The van der Waals surface area contributed by atoms with Crippen LogP contribution in [-0.4, -0.2) is 46.6 Å². The Hall–Kier alpha value is -3.10. The zero-order chi connectivity index (χ0) is 25.6. The van der Waals surface area contributed by atoms with Gasteiger partial charge in [0.15, 0.2) is 6.29 Å². The van der Waals surface area contributed by atoms with Crippen molar-refractivity contribution in [2.24, 2.45) is 5.92 Å². The molecule has 0 aliphatic carbocycles. The minimum atomic E-state index is -0.517. The van der Waals surface area contributed by atoms with Gasteiger partial charge in [-0.05, 0) is 61.3 Å². The average molecular weight is 502 g/mol. The molecule has 2 aliphatic heterocycles. The second kappa shape index (κ2) is 12.0. The lowest BCUT2D eigenvalue weighted by atomic mass is 9.89. The van der Waals surface area contributed by atoms with E-state index < -0.39 is 6.29 Å². The van der Waals surface area contributed by atoms with Crippen molar-refractivity contribution in [3.63, 3.8) is 0 Å². The number of anilines is 1. The lowest BCUT2D eigenvalue weighted by Crippen LogP contribution is -2.45. The Labute approximate surface area is 218 Å². The summed E-state index contributed by atoms with van der Waals surface area (Å²) >= 11 is 0. The molecule has 0 unspecified atom stereocenters. The smallest absolute Gasteiger partial charge is 0.257 e. The third kappa shape index (κ3) is 6.25. The Morgan fingerprint density at radius 3 is 2.41 bits per heavy atom.